The molecule has 0 aromatic heterocycles. The number of ether oxygens (including phenoxy) is 2. The van der Waals surface area contributed by atoms with E-state index in [-0.39, 0.29) is 0 Å². The number of piperidine rings is 3. The van der Waals surface area contributed by atoms with Crippen LogP contribution in [0.15, 0.2) is 18.2 Å². The molecule has 0 aliphatic carbocycles. The lowest BCUT2D eigenvalue weighted by atomic mass is 9.70. The first-order valence-electron chi connectivity index (χ1n) is 11.5. The molecule has 29 heavy (non-hydrogen) atoms. The van der Waals surface area contributed by atoms with Gasteiger partial charge in [-0.3, -0.25) is 9.69 Å². The van der Waals surface area contributed by atoms with Crippen LogP contribution < -0.4 is 9.47 Å². The van der Waals surface area contributed by atoms with Crippen molar-refractivity contribution in [2.75, 3.05) is 19.9 Å². The van der Waals surface area contributed by atoms with Crippen LogP contribution in [0.1, 0.15) is 57.9 Å². The lowest BCUT2D eigenvalue weighted by Gasteiger charge is -2.57. The number of para-hydroxylation sites is 1. The predicted octanol–water partition coefficient (Wildman–Crippen LogP) is 4.05. The summed E-state index contributed by atoms with van der Waals surface area (Å²) in [6, 6.07) is 7.11. The highest BCUT2D eigenvalue weighted by atomic mass is 16.7. The molecule has 2 bridgehead atoms. The van der Waals surface area contributed by atoms with Crippen molar-refractivity contribution in [3.8, 4) is 11.5 Å². The van der Waals surface area contributed by atoms with Gasteiger partial charge in [-0.25, -0.2) is 0 Å². The fourth-order valence-electron chi connectivity index (χ4n) is 6.23. The van der Waals surface area contributed by atoms with Gasteiger partial charge in [0, 0.05) is 43.7 Å². The number of amides is 1. The van der Waals surface area contributed by atoms with E-state index >= 15 is 0 Å². The molecule has 4 atom stereocenters. The van der Waals surface area contributed by atoms with Crippen LogP contribution in [0.25, 0.3) is 0 Å². The van der Waals surface area contributed by atoms with Crippen LogP contribution in [0.4, 0.5) is 0 Å². The van der Waals surface area contributed by atoms with Crippen molar-refractivity contribution in [3.63, 3.8) is 0 Å². The van der Waals surface area contributed by atoms with E-state index in [0.717, 1.165) is 50.4 Å². The molecule has 1 amide bonds. The Bertz CT molecular complexity index is 764. The lowest BCUT2D eigenvalue weighted by Crippen LogP contribution is -2.64. The lowest BCUT2D eigenvalue weighted by molar-refractivity contribution is -0.153. The summed E-state index contributed by atoms with van der Waals surface area (Å²) in [5.41, 5.74) is 1.23. The summed E-state index contributed by atoms with van der Waals surface area (Å²) in [5, 5.41) is 0. The number of benzene rings is 1. The van der Waals surface area contributed by atoms with Gasteiger partial charge in [0.1, 0.15) is 0 Å². The second kappa shape index (κ2) is 7.82. The van der Waals surface area contributed by atoms with Crippen molar-refractivity contribution < 1.29 is 14.3 Å². The number of likely N-dealkylation sites (tertiary alicyclic amines) is 1. The van der Waals surface area contributed by atoms with E-state index in [0.29, 0.717) is 42.5 Å². The van der Waals surface area contributed by atoms with Gasteiger partial charge < -0.3 is 14.4 Å². The molecule has 4 heterocycles. The van der Waals surface area contributed by atoms with Crippen molar-refractivity contribution in [2.24, 2.45) is 17.8 Å². The third-order valence-corrected chi connectivity index (χ3v) is 7.48. The average molecular weight is 399 g/mol. The summed E-state index contributed by atoms with van der Waals surface area (Å²) in [4.78, 5) is 17.9. The predicted molar refractivity (Wildman–Crippen MR) is 112 cm³/mol. The topological polar surface area (TPSA) is 42.0 Å². The van der Waals surface area contributed by atoms with E-state index in [1.54, 1.807) is 0 Å². The van der Waals surface area contributed by atoms with Gasteiger partial charge in [-0.1, -0.05) is 26.0 Å². The molecule has 0 spiro atoms. The first kappa shape index (κ1) is 19.2. The van der Waals surface area contributed by atoms with Crippen LogP contribution in [0.2, 0.25) is 0 Å². The fourth-order valence-corrected chi connectivity index (χ4v) is 6.23. The summed E-state index contributed by atoms with van der Waals surface area (Å²) in [6.07, 6.45) is 6.66. The van der Waals surface area contributed by atoms with Crippen LogP contribution in [0, 0.1) is 17.8 Å². The first-order valence-corrected chi connectivity index (χ1v) is 11.5. The number of hydrogen-bond acceptors (Lipinski definition) is 4. The van der Waals surface area contributed by atoms with Crippen molar-refractivity contribution >= 4 is 5.91 Å². The van der Waals surface area contributed by atoms with Gasteiger partial charge >= 0.3 is 0 Å². The molecule has 0 N–H and O–H groups in total. The second-order valence-electron chi connectivity index (χ2n) is 9.90. The highest BCUT2D eigenvalue weighted by molar-refractivity contribution is 5.78. The van der Waals surface area contributed by atoms with Gasteiger partial charge in [0.15, 0.2) is 11.5 Å². The van der Waals surface area contributed by atoms with Gasteiger partial charge in [-0.2, -0.15) is 0 Å². The van der Waals surface area contributed by atoms with Crippen LogP contribution in [-0.4, -0.2) is 47.7 Å². The Kier molecular flexibility index (Phi) is 5.19. The van der Waals surface area contributed by atoms with Crippen molar-refractivity contribution in [1.29, 1.82) is 0 Å². The first-order chi connectivity index (χ1) is 14.1. The normalized spacial score (nSPS) is 31.3. The Morgan fingerprint density at radius 1 is 1.17 bits per heavy atom. The van der Waals surface area contributed by atoms with E-state index in [2.05, 4.69) is 35.8 Å². The van der Waals surface area contributed by atoms with Gasteiger partial charge in [0.05, 0.1) is 0 Å². The molecule has 5 nitrogen and oxygen atoms in total. The average Bonchev–Trinajstić information content (AvgIpc) is 3.18. The minimum absolute atomic E-state index is 0.327. The van der Waals surface area contributed by atoms with Crippen molar-refractivity contribution in [2.45, 2.75) is 71.0 Å². The Balaban J connectivity index is 1.37. The van der Waals surface area contributed by atoms with E-state index in [4.69, 9.17) is 9.47 Å². The Morgan fingerprint density at radius 3 is 2.90 bits per heavy atom. The molecule has 1 aromatic carbocycles. The largest absolute Gasteiger partial charge is 0.454 e. The Morgan fingerprint density at radius 2 is 2.03 bits per heavy atom. The Hall–Kier alpha value is -1.75. The number of carbonyl (C=O) groups excluding carboxylic acids is 1. The minimum atomic E-state index is 0.327. The standard InChI is InChI=1S/C24H34N2O3/c1-16(2)9-10-21-19-11-18(20-6-4-8-23(27)26(20)21)13-25(14-19)12-17-5-3-7-22-24(17)29-15-28-22/h3,5,7,16,18-21H,4,6,8-15H2,1-2H3/t18-,19+,20+,21+/m1/s1. The van der Waals surface area contributed by atoms with E-state index < -0.39 is 0 Å². The number of rotatable bonds is 5. The highest BCUT2D eigenvalue weighted by Crippen LogP contribution is 2.44. The SMILES string of the molecule is CC(C)CC[C@H]1[C@H]2C[C@H](CN(Cc3cccc4c3OCO4)C2)[C@@H]2CCCC(=O)N21. The van der Waals surface area contributed by atoms with Crippen LogP contribution in [-0.2, 0) is 11.3 Å². The zero-order chi connectivity index (χ0) is 20.0. The molecule has 0 saturated carbocycles. The summed E-state index contributed by atoms with van der Waals surface area (Å²) in [7, 11) is 0. The molecule has 5 rings (SSSR count). The maximum Gasteiger partial charge on any atom is 0.231 e. The van der Waals surface area contributed by atoms with Crippen LogP contribution >= 0.6 is 0 Å². The smallest absolute Gasteiger partial charge is 0.231 e. The van der Waals surface area contributed by atoms with Gasteiger partial charge in [-0.05, 0) is 55.9 Å². The van der Waals surface area contributed by atoms with Crippen LogP contribution in [0.5, 0.6) is 11.5 Å². The molecule has 158 valence electrons. The monoisotopic (exact) mass is 398 g/mol. The van der Waals surface area contributed by atoms with Crippen molar-refractivity contribution in [3.05, 3.63) is 23.8 Å². The van der Waals surface area contributed by atoms with Crippen LogP contribution in [0.3, 0.4) is 0 Å². The highest BCUT2D eigenvalue weighted by Gasteiger charge is 2.49. The van der Waals surface area contributed by atoms with Gasteiger partial charge in [0.25, 0.3) is 0 Å². The van der Waals surface area contributed by atoms with Gasteiger partial charge in [-0.15, -0.1) is 0 Å². The molecule has 4 aliphatic rings. The molecule has 1 aromatic rings. The summed E-state index contributed by atoms with van der Waals surface area (Å²) < 4.78 is 11.3. The molecule has 3 fully saturated rings. The number of fused-ring (bicyclic) bond motifs is 5. The summed E-state index contributed by atoms with van der Waals surface area (Å²) in [5.74, 6) is 4.12. The Labute approximate surface area is 174 Å². The number of nitrogens with zero attached hydrogens (tertiary/aromatic N) is 2. The zero-order valence-corrected chi connectivity index (χ0v) is 17.8. The minimum Gasteiger partial charge on any atom is -0.454 e. The van der Waals surface area contributed by atoms with Crippen molar-refractivity contribution in [1.82, 2.24) is 9.80 Å². The van der Waals surface area contributed by atoms with E-state index in [1.165, 1.54) is 24.8 Å². The fraction of sp³-hybridized carbons (Fsp3) is 0.708. The van der Waals surface area contributed by atoms with Gasteiger partial charge in [0.2, 0.25) is 12.7 Å². The third kappa shape index (κ3) is 3.63. The molecule has 3 saturated heterocycles. The third-order valence-electron chi connectivity index (χ3n) is 7.48. The zero-order valence-electron chi connectivity index (χ0n) is 17.8. The second-order valence-corrected chi connectivity index (χ2v) is 9.90. The maximum atomic E-state index is 12.9. The molecular formula is C24H34N2O3. The van der Waals surface area contributed by atoms with E-state index in [9.17, 15) is 4.79 Å². The quantitative estimate of drug-likeness (QED) is 0.750. The van der Waals surface area contributed by atoms with E-state index in [1.807, 2.05) is 6.07 Å². The molecular weight excluding hydrogens is 364 g/mol. The summed E-state index contributed by atoms with van der Waals surface area (Å²) >= 11 is 0. The number of hydrogen-bond donors (Lipinski definition) is 0. The molecule has 0 radical (unpaired) electrons. The number of carbonyl (C=O) groups is 1. The summed E-state index contributed by atoms with van der Waals surface area (Å²) in [6.45, 7) is 8.01. The molecule has 5 heteroatoms. The molecule has 4 aliphatic heterocycles. The maximum absolute atomic E-state index is 12.9. The molecule has 0 unspecified atom stereocenters.